The van der Waals surface area contributed by atoms with Gasteiger partial charge in [0.05, 0.1) is 14.2 Å². The molecule has 2 aromatic rings. The molecule has 2 rings (SSSR count). The van der Waals surface area contributed by atoms with Gasteiger partial charge in [-0.2, -0.15) is 0 Å². The van der Waals surface area contributed by atoms with Crippen molar-refractivity contribution in [2.75, 3.05) is 27.4 Å². The fourth-order valence-corrected chi connectivity index (χ4v) is 2.52. The maximum atomic E-state index is 11.9. The van der Waals surface area contributed by atoms with Crippen LogP contribution in [-0.4, -0.2) is 33.4 Å². The third-order valence-electron chi connectivity index (χ3n) is 3.99. The molecular formula is C21H26O5. The highest BCUT2D eigenvalue weighted by molar-refractivity contribution is 5.69. The molecule has 2 aromatic carbocycles. The standard InChI is InChI=1S/C21H26O5/c1-4-16-6-5-7-18(14-16)25-12-13-26-21(22)11-9-17-8-10-19(23-2)20(15-17)24-3/h5-8,10,14-15H,4,9,11-13H2,1-3H3. The first-order valence-corrected chi connectivity index (χ1v) is 8.74. The molecule has 140 valence electrons. The Morgan fingerprint density at radius 3 is 2.46 bits per heavy atom. The van der Waals surface area contributed by atoms with Gasteiger partial charge in [-0.15, -0.1) is 0 Å². The number of carbonyl (C=O) groups is 1. The van der Waals surface area contributed by atoms with Gasteiger partial charge in [-0.25, -0.2) is 0 Å². The number of rotatable bonds is 10. The van der Waals surface area contributed by atoms with E-state index in [2.05, 4.69) is 13.0 Å². The summed E-state index contributed by atoms with van der Waals surface area (Å²) >= 11 is 0. The SMILES string of the molecule is CCc1cccc(OCCOC(=O)CCc2ccc(OC)c(OC)c2)c1. The Morgan fingerprint density at radius 1 is 0.923 bits per heavy atom. The van der Waals surface area contributed by atoms with Crippen molar-refractivity contribution in [1.82, 2.24) is 0 Å². The molecule has 0 unspecified atom stereocenters. The molecule has 0 heterocycles. The normalized spacial score (nSPS) is 10.3. The molecular weight excluding hydrogens is 332 g/mol. The molecule has 0 aliphatic heterocycles. The lowest BCUT2D eigenvalue weighted by molar-refractivity contribution is -0.144. The molecule has 26 heavy (non-hydrogen) atoms. The largest absolute Gasteiger partial charge is 0.493 e. The van der Waals surface area contributed by atoms with E-state index >= 15 is 0 Å². The summed E-state index contributed by atoms with van der Waals surface area (Å²) in [7, 11) is 3.18. The van der Waals surface area contributed by atoms with Crippen LogP contribution in [0.4, 0.5) is 0 Å². The summed E-state index contributed by atoms with van der Waals surface area (Å²) in [5.41, 5.74) is 2.21. The number of aryl methyl sites for hydroxylation is 2. The van der Waals surface area contributed by atoms with Crippen LogP contribution in [-0.2, 0) is 22.4 Å². The Morgan fingerprint density at radius 2 is 1.73 bits per heavy atom. The zero-order valence-corrected chi connectivity index (χ0v) is 15.6. The first kappa shape index (κ1) is 19.6. The lowest BCUT2D eigenvalue weighted by atomic mass is 10.1. The minimum Gasteiger partial charge on any atom is -0.493 e. The zero-order valence-electron chi connectivity index (χ0n) is 15.6. The Hall–Kier alpha value is -2.69. The van der Waals surface area contributed by atoms with Crippen molar-refractivity contribution in [2.45, 2.75) is 26.2 Å². The number of hydrogen-bond donors (Lipinski definition) is 0. The van der Waals surface area contributed by atoms with Gasteiger partial charge in [-0.05, 0) is 48.2 Å². The van der Waals surface area contributed by atoms with Gasteiger partial charge in [-0.3, -0.25) is 4.79 Å². The van der Waals surface area contributed by atoms with Crippen LogP contribution in [0.3, 0.4) is 0 Å². The minimum absolute atomic E-state index is 0.237. The van der Waals surface area contributed by atoms with Crippen LogP contribution in [0, 0.1) is 0 Å². The summed E-state index contributed by atoms with van der Waals surface area (Å²) in [4.78, 5) is 11.9. The zero-order chi connectivity index (χ0) is 18.8. The van der Waals surface area contributed by atoms with Crippen molar-refractivity contribution in [1.29, 1.82) is 0 Å². The van der Waals surface area contributed by atoms with E-state index < -0.39 is 0 Å². The lowest BCUT2D eigenvalue weighted by Crippen LogP contribution is -2.12. The van der Waals surface area contributed by atoms with Crippen molar-refractivity contribution in [2.24, 2.45) is 0 Å². The molecule has 0 bridgehead atoms. The number of benzene rings is 2. The highest BCUT2D eigenvalue weighted by atomic mass is 16.6. The molecule has 0 aliphatic carbocycles. The van der Waals surface area contributed by atoms with Crippen molar-refractivity contribution in [3.8, 4) is 17.2 Å². The fraction of sp³-hybridized carbons (Fsp3) is 0.381. The van der Waals surface area contributed by atoms with Gasteiger partial charge in [0.25, 0.3) is 0 Å². The average Bonchev–Trinajstić information content (AvgIpc) is 2.69. The Balaban J connectivity index is 1.70. The Labute approximate surface area is 154 Å². The summed E-state index contributed by atoms with van der Waals surface area (Å²) < 4.78 is 21.3. The van der Waals surface area contributed by atoms with E-state index in [1.807, 2.05) is 36.4 Å². The van der Waals surface area contributed by atoms with Gasteiger partial charge in [0.2, 0.25) is 0 Å². The smallest absolute Gasteiger partial charge is 0.306 e. The topological polar surface area (TPSA) is 54.0 Å². The molecule has 5 heteroatoms. The van der Waals surface area contributed by atoms with Crippen molar-refractivity contribution in [3.63, 3.8) is 0 Å². The molecule has 0 fully saturated rings. The number of esters is 1. The molecule has 0 aliphatic rings. The summed E-state index contributed by atoms with van der Waals surface area (Å²) in [5.74, 6) is 1.88. The summed E-state index contributed by atoms with van der Waals surface area (Å²) in [6.07, 6.45) is 1.85. The van der Waals surface area contributed by atoms with Crippen molar-refractivity contribution >= 4 is 5.97 Å². The highest BCUT2D eigenvalue weighted by Gasteiger charge is 2.08. The monoisotopic (exact) mass is 358 g/mol. The fourth-order valence-electron chi connectivity index (χ4n) is 2.52. The third-order valence-corrected chi connectivity index (χ3v) is 3.99. The van der Waals surface area contributed by atoms with Crippen LogP contribution in [0.1, 0.15) is 24.5 Å². The molecule has 5 nitrogen and oxygen atoms in total. The molecule has 0 saturated carbocycles. The predicted molar refractivity (Wildman–Crippen MR) is 100 cm³/mol. The van der Waals surface area contributed by atoms with E-state index in [4.69, 9.17) is 18.9 Å². The van der Waals surface area contributed by atoms with Gasteiger partial charge < -0.3 is 18.9 Å². The molecule has 0 atom stereocenters. The lowest BCUT2D eigenvalue weighted by Gasteiger charge is -2.10. The maximum absolute atomic E-state index is 11.9. The van der Waals surface area contributed by atoms with Crippen LogP contribution < -0.4 is 14.2 Å². The van der Waals surface area contributed by atoms with E-state index in [1.165, 1.54) is 5.56 Å². The number of ether oxygens (including phenoxy) is 4. The number of methoxy groups -OCH3 is 2. The van der Waals surface area contributed by atoms with E-state index in [1.54, 1.807) is 14.2 Å². The van der Waals surface area contributed by atoms with Crippen LogP contribution >= 0.6 is 0 Å². The van der Waals surface area contributed by atoms with Crippen LogP contribution in [0.5, 0.6) is 17.2 Å². The Bertz CT molecular complexity index is 711. The second-order valence-electron chi connectivity index (χ2n) is 5.76. The maximum Gasteiger partial charge on any atom is 0.306 e. The van der Waals surface area contributed by atoms with Crippen LogP contribution in [0.25, 0.3) is 0 Å². The molecule has 0 spiro atoms. The summed E-state index contributed by atoms with van der Waals surface area (Å²) in [6, 6.07) is 13.5. The first-order valence-electron chi connectivity index (χ1n) is 8.74. The van der Waals surface area contributed by atoms with Crippen LogP contribution in [0.15, 0.2) is 42.5 Å². The summed E-state index contributed by atoms with van der Waals surface area (Å²) in [6.45, 7) is 2.68. The predicted octanol–water partition coefficient (Wildman–Crippen LogP) is 3.82. The second-order valence-corrected chi connectivity index (χ2v) is 5.76. The average molecular weight is 358 g/mol. The van der Waals surface area contributed by atoms with Crippen molar-refractivity contribution < 1.29 is 23.7 Å². The van der Waals surface area contributed by atoms with E-state index in [0.29, 0.717) is 30.9 Å². The number of hydrogen-bond acceptors (Lipinski definition) is 5. The Kier molecular flexibility index (Phi) is 7.80. The first-order chi connectivity index (χ1) is 12.7. The van der Waals surface area contributed by atoms with E-state index in [-0.39, 0.29) is 12.6 Å². The van der Waals surface area contributed by atoms with Gasteiger partial charge in [-0.1, -0.05) is 25.1 Å². The summed E-state index contributed by atoms with van der Waals surface area (Å²) in [5, 5.41) is 0. The van der Waals surface area contributed by atoms with Gasteiger partial charge in [0.15, 0.2) is 11.5 Å². The molecule has 0 amide bonds. The minimum atomic E-state index is -0.245. The van der Waals surface area contributed by atoms with E-state index in [0.717, 1.165) is 17.7 Å². The van der Waals surface area contributed by atoms with Gasteiger partial charge in [0.1, 0.15) is 19.0 Å². The van der Waals surface area contributed by atoms with E-state index in [9.17, 15) is 4.79 Å². The quantitative estimate of drug-likeness (QED) is 0.477. The molecule has 0 radical (unpaired) electrons. The van der Waals surface area contributed by atoms with Gasteiger partial charge >= 0.3 is 5.97 Å². The van der Waals surface area contributed by atoms with Crippen LogP contribution in [0.2, 0.25) is 0 Å². The van der Waals surface area contributed by atoms with Crippen molar-refractivity contribution in [3.05, 3.63) is 53.6 Å². The second kappa shape index (κ2) is 10.3. The number of carbonyl (C=O) groups excluding carboxylic acids is 1. The third kappa shape index (κ3) is 5.99. The molecule has 0 aromatic heterocycles. The highest BCUT2D eigenvalue weighted by Crippen LogP contribution is 2.28. The molecule has 0 saturated heterocycles. The van der Waals surface area contributed by atoms with Gasteiger partial charge in [0, 0.05) is 6.42 Å². The molecule has 0 N–H and O–H groups in total.